The Bertz CT molecular complexity index is 243. The summed E-state index contributed by atoms with van der Waals surface area (Å²) in [6.45, 7) is 13.1. The molecule has 0 bridgehead atoms. The van der Waals surface area contributed by atoms with Crippen molar-refractivity contribution in [2.75, 3.05) is 19.6 Å². The molecule has 1 saturated carbocycles. The van der Waals surface area contributed by atoms with Crippen molar-refractivity contribution in [2.45, 2.75) is 65.0 Å². The van der Waals surface area contributed by atoms with E-state index in [1.165, 1.54) is 45.3 Å². The molecule has 2 heteroatoms. The molecule has 2 fully saturated rings. The van der Waals surface area contributed by atoms with E-state index in [1.807, 2.05) is 0 Å². The van der Waals surface area contributed by atoms with Gasteiger partial charge in [-0.3, -0.25) is 4.90 Å². The first-order chi connectivity index (χ1) is 7.98. The molecule has 1 heterocycles. The van der Waals surface area contributed by atoms with Gasteiger partial charge in [-0.25, -0.2) is 0 Å². The van der Waals surface area contributed by atoms with E-state index in [4.69, 9.17) is 0 Å². The van der Waals surface area contributed by atoms with Gasteiger partial charge < -0.3 is 5.32 Å². The highest BCUT2D eigenvalue weighted by Gasteiger charge is 2.40. The van der Waals surface area contributed by atoms with Crippen molar-refractivity contribution in [3.63, 3.8) is 0 Å². The van der Waals surface area contributed by atoms with Crippen molar-refractivity contribution >= 4 is 0 Å². The molecule has 1 unspecified atom stereocenters. The largest absolute Gasteiger partial charge is 0.309 e. The summed E-state index contributed by atoms with van der Waals surface area (Å²) in [6.07, 6.45) is 5.68. The van der Waals surface area contributed by atoms with Crippen molar-refractivity contribution in [2.24, 2.45) is 11.8 Å². The molecule has 2 rings (SSSR count). The number of nitrogens with zero attached hydrogens (tertiary/aromatic N) is 1. The minimum absolute atomic E-state index is 0.309. The van der Waals surface area contributed by atoms with Crippen LogP contribution >= 0.6 is 0 Å². The number of rotatable bonds is 5. The molecule has 1 N–H and O–H groups in total. The van der Waals surface area contributed by atoms with E-state index >= 15 is 0 Å². The molecule has 0 aromatic rings. The monoisotopic (exact) mass is 238 g/mol. The summed E-state index contributed by atoms with van der Waals surface area (Å²) >= 11 is 0. The quantitative estimate of drug-likeness (QED) is 0.792. The molecule has 0 aromatic heterocycles. The molecule has 0 spiro atoms. The Kier molecular flexibility index (Phi) is 4.14. The molecule has 1 aliphatic heterocycles. The number of hydrogen-bond acceptors (Lipinski definition) is 2. The number of hydrogen-bond donors (Lipinski definition) is 1. The molecule has 1 atom stereocenters. The highest BCUT2D eigenvalue weighted by molar-refractivity contribution is 4.98. The van der Waals surface area contributed by atoms with Crippen molar-refractivity contribution in [3.05, 3.63) is 0 Å². The first-order valence-corrected chi connectivity index (χ1v) is 7.47. The Morgan fingerprint density at radius 3 is 2.59 bits per heavy atom. The maximum atomic E-state index is 3.72. The van der Waals surface area contributed by atoms with Crippen LogP contribution in [0.15, 0.2) is 0 Å². The van der Waals surface area contributed by atoms with Crippen LogP contribution in [0, 0.1) is 11.8 Å². The lowest BCUT2D eigenvalue weighted by atomic mass is 9.96. The topological polar surface area (TPSA) is 15.3 Å². The molecule has 1 aliphatic carbocycles. The number of piperazine rings is 1. The van der Waals surface area contributed by atoms with E-state index in [9.17, 15) is 0 Å². The van der Waals surface area contributed by atoms with Gasteiger partial charge in [-0.2, -0.15) is 0 Å². The predicted molar refractivity (Wildman–Crippen MR) is 74.2 cm³/mol. The average Bonchev–Trinajstić information content (AvgIpc) is 2.99. The van der Waals surface area contributed by atoms with Crippen LogP contribution in [0.2, 0.25) is 0 Å². The van der Waals surface area contributed by atoms with Crippen LogP contribution < -0.4 is 5.32 Å². The Labute approximate surface area is 107 Å². The average molecular weight is 238 g/mol. The van der Waals surface area contributed by atoms with Gasteiger partial charge in [0.25, 0.3) is 0 Å². The van der Waals surface area contributed by atoms with Crippen LogP contribution in [0.5, 0.6) is 0 Å². The van der Waals surface area contributed by atoms with Gasteiger partial charge in [-0.05, 0) is 57.9 Å². The van der Waals surface area contributed by atoms with Gasteiger partial charge in [-0.1, -0.05) is 13.8 Å². The fourth-order valence-corrected chi connectivity index (χ4v) is 3.08. The lowest BCUT2D eigenvalue weighted by Gasteiger charge is -2.45. The van der Waals surface area contributed by atoms with Crippen LogP contribution in [0.25, 0.3) is 0 Å². The van der Waals surface area contributed by atoms with E-state index < -0.39 is 0 Å². The van der Waals surface area contributed by atoms with E-state index in [-0.39, 0.29) is 0 Å². The van der Waals surface area contributed by atoms with Gasteiger partial charge >= 0.3 is 0 Å². The summed E-state index contributed by atoms with van der Waals surface area (Å²) in [5.74, 6) is 1.85. The molecular formula is C15H30N2. The van der Waals surface area contributed by atoms with Crippen molar-refractivity contribution in [3.8, 4) is 0 Å². The third kappa shape index (κ3) is 3.96. The second kappa shape index (κ2) is 5.27. The normalized spacial score (nSPS) is 29.8. The fraction of sp³-hybridized carbons (Fsp3) is 1.00. The Hall–Kier alpha value is -0.0800. The van der Waals surface area contributed by atoms with Crippen LogP contribution in [-0.2, 0) is 0 Å². The molecule has 100 valence electrons. The van der Waals surface area contributed by atoms with Crippen molar-refractivity contribution in [1.82, 2.24) is 10.2 Å². The lowest BCUT2D eigenvalue weighted by Crippen LogP contribution is -2.62. The molecule has 0 aromatic carbocycles. The summed E-state index contributed by atoms with van der Waals surface area (Å²) in [4.78, 5) is 2.77. The van der Waals surface area contributed by atoms with Gasteiger partial charge in [-0.15, -0.1) is 0 Å². The van der Waals surface area contributed by atoms with E-state index in [1.54, 1.807) is 0 Å². The minimum Gasteiger partial charge on any atom is -0.309 e. The zero-order valence-electron chi connectivity index (χ0n) is 12.1. The first kappa shape index (κ1) is 13.4. The van der Waals surface area contributed by atoms with E-state index in [2.05, 4.69) is 37.9 Å². The summed E-state index contributed by atoms with van der Waals surface area (Å²) in [7, 11) is 0. The number of nitrogens with one attached hydrogen (secondary N) is 1. The maximum Gasteiger partial charge on any atom is 0.0252 e. The third-order valence-electron chi connectivity index (χ3n) is 4.25. The maximum absolute atomic E-state index is 3.72. The molecule has 0 radical (unpaired) electrons. The van der Waals surface area contributed by atoms with Crippen molar-refractivity contribution < 1.29 is 0 Å². The zero-order chi connectivity index (χ0) is 12.5. The second-order valence-corrected chi connectivity index (χ2v) is 7.18. The Morgan fingerprint density at radius 2 is 2.00 bits per heavy atom. The molecule has 2 aliphatic rings. The van der Waals surface area contributed by atoms with E-state index in [0.29, 0.717) is 5.54 Å². The van der Waals surface area contributed by atoms with Gasteiger partial charge in [0.2, 0.25) is 0 Å². The Balaban J connectivity index is 1.84. The predicted octanol–water partition coefficient (Wildman–Crippen LogP) is 2.89. The van der Waals surface area contributed by atoms with Crippen molar-refractivity contribution in [1.29, 1.82) is 0 Å². The minimum atomic E-state index is 0.309. The molecule has 0 amide bonds. The van der Waals surface area contributed by atoms with Gasteiger partial charge in [0.1, 0.15) is 0 Å². The van der Waals surface area contributed by atoms with Crippen LogP contribution in [0.3, 0.4) is 0 Å². The third-order valence-corrected chi connectivity index (χ3v) is 4.25. The van der Waals surface area contributed by atoms with Crippen LogP contribution in [-0.4, -0.2) is 36.1 Å². The SMILES string of the molecule is CC(C)CCCN1CC(C)(C)NCC1C1CC1. The highest BCUT2D eigenvalue weighted by atomic mass is 15.3. The summed E-state index contributed by atoms with van der Waals surface area (Å²) in [5, 5.41) is 3.72. The highest BCUT2D eigenvalue weighted by Crippen LogP contribution is 2.37. The Morgan fingerprint density at radius 1 is 1.29 bits per heavy atom. The second-order valence-electron chi connectivity index (χ2n) is 7.18. The smallest absolute Gasteiger partial charge is 0.0252 e. The molecular weight excluding hydrogens is 208 g/mol. The molecule has 17 heavy (non-hydrogen) atoms. The summed E-state index contributed by atoms with van der Waals surface area (Å²) < 4.78 is 0. The van der Waals surface area contributed by atoms with Gasteiger partial charge in [0.05, 0.1) is 0 Å². The summed E-state index contributed by atoms with van der Waals surface area (Å²) in [6, 6.07) is 0.829. The fourth-order valence-electron chi connectivity index (χ4n) is 3.08. The standard InChI is InChI=1S/C15H30N2/c1-12(2)6-5-9-17-11-15(3,4)16-10-14(17)13-7-8-13/h12-14,16H,5-11H2,1-4H3. The van der Waals surface area contributed by atoms with Crippen LogP contribution in [0.4, 0.5) is 0 Å². The van der Waals surface area contributed by atoms with E-state index in [0.717, 1.165) is 17.9 Å². The van der Waals surface area contributed by atoms with Crippen LogP contribution in [0.1, 0.15) is 53.4 Å². The van der Waals surface area contributed by atoms with Gasteiger partial charge in [0, 0.05) is 24.7 Å². The zero-order valence-corrected chi connectivity index (χ0v) is 12.1. The molecule has 2 nitrogen and oxygen atoms in total. The lowest BCUT2D eigenvalue weighted by molar-refractivity contribution is 0.0803. The first-order valence-electron chi connectivity index (χ1n) is 7.47. The van der Waals surface area contributed by atoms with Gasteiger partial charge in [0.15, 0.2) is 0 Å². The summed E-state index contributed by atoms with van der Waals surface area (Å²) in [5.41, 5.74) is 0.309. The molecule has 1 saturated heterocycles.